The van der Waals surface area contributed by atoms with Gasteiger partial charge in [-0.1, -0.05) is 0 Å². The zero-order chi connectivity index (χ0) is 13.4. The molecule has 0 aromatic carbocycles. The summed E-state index contributed by atoms with van der Waals surface area (Å²) in [5.74, 6) is 1.53. The second-order valence-electron chi connectivity index (χ2n) is 5.21. The van der Waals surface area contributed by atoms with E-state index in [4.69, 9.17) is 11.1 Å². The number of aromatic nitrogens is 2. The number of nitrogens with two attached hydrogens (primary N) is 1. The lowest BCUT2D eigenvalue weighted by atomic mass is 10.1. The van der Waals surface area contributed by atoms with Crippen molar-refractivity contribution in [3.05, 3.63) is 16.8 Å². The van der Waals surface area contributed by atoms with Gasteiger partial charge in [-0.05, 0) is 45.1 Å². The van der Waals surface area contributed by atoms with E-state index in [0.29, 0.717) is 6.04 Å². The summed E-state index contributed by atoms with van der Waals surface area (Å²) in [5, 5.41) is 16.2. The lowest BCUT2D eigenvalue weighted by Crippen LogP contribution is -2.34. The molecule has 1 aliphatic rings. The highest BCUT2D eigenvalue weighted by atomic mass is 15.3. The number of nitrogens with zero attached hydrogens (tertiary/aromatic N) is 3. The van der Waals surface area contributed by atoms with Gasteiger partial charge in [-0.3, -0.25) is 5.41 Å². The normalized spacial score (nSPS) is 16.4. The van der Waals surface area contributed by atoms with Crippen LogP contribution in [0.5, 0.6) is 0 Å². The van der Waals surface area contributed by atoms with Crippen molar-refractivity contribution >= 4 is 11.7 Å². The van der Waals surface area contributed by atoms with Gasteiger partial charge in [0.25, 0.3) is 0 Å². The average molecular weight is 247 g/mol. The molecule has 0 amide bonds. The van der Waals surface area contributed by atoms with E-state index in [-0.39, 0.29) is 5.84 Å². The molecule has 98 valence electrons. The van der Waals surface area contributed by atoms with E-state index in [1.807, 2.05) is 20.9 Å². The lowest BCUT2D eigenvalue weighted by molar-refractivity contribution is 0.599. The Morgan fingerprint density at radius 2 is 2.00 bits per heavy atom. The van der Waals surface area contributed by atoms with Crippen molar-refractivity contribution in [1.82, 2.24) is 10.2 Å². The number of rotatable bonds is 4. The van der Waals surface area contributed by atoms with Crippen molar-refractivity contribution in [3.8, 4) is 0 Å². The van der Waals surface area contributed by atoms with E-state index in [2.05, 4.69) is 22.0 Å². The Morgan fingerprint density at radius 3 is 2.50 bits per heavy atom. The first-order valence-electron chi connectivity index (χ1n) is 6.34. The number of nitrogen functional groups attached to an aromatic ring is 1. The van der Waals surface area contributed by atoms with E-state index in [0.717, 1.165) is 28.6 Å². The molecule has 0 aliphatic heterocycles. The summed E-state index contributed by atoms with van der Waals surface area (Å²) in [6, 6.07) is 0.416. The monoisotopic (exact) mass is 247 g/mol. The summed E-state index contributed by atoms with van der Waals surface area (Å²) in [7, 11) is 2.01. The number of nitrogens with one attached hydrogen (secondary N) is 1. The van der Waals surface area contributed by atoms with Crippen LogP contribution in [0.1, 0.15) is 36.6 Å². The second-order valence-corrected chi connectivity index (χ2v) is 5.21. The maximum atomic E-state index is 7.75. The van der Waals surface area contributed by atoms with Gasteiger partial charge in [-0.2, -0.15) is 5.10 Å². The van der Waals surface area contributed by atoms with Gasteiger partial charge in [-0.15, -0.1) is 5.10 Å². The number of hydrogen-bond donors (Lipinski definition) is 2. The quantitative estimate of drug-likeness (QED) is 0.626. The van der Waals surface area contributed by atoms with Crippen LogP contribution in [0.15, 0.2) is 0 Å². The molecule has 2 rings (SSSR count). The minimum absolute atomic E-state index is 0.0651. The molecule has 1 atom stereocenters. The van der Waals surface area contributed by atoms with Gasteiger partial charge in [0.1, 0.15) is 5.84 Å². The standard InChI is InChI=1S/C13H21N5/c1-7-8(2)16-17-13(11(7)12(14)15)18(4)9(3)10-5-6-10/h9-10H,5-6H2,1-4H3,(H3,14,15). The molecule has 1 aromatic rings. The molecule has 1 heterocycles. The molecular weight excluding hydrogens is 226 g/mol. The Kier molecular flexibility index (Phi) is 3.24. The molecule has 1 aliphatic carbocycles. The van der Waals surface area contributed by atoms with Gasteiger partial charge >= 0.3 is 0 Å². The SMILES string of the molecule is Cc1nnc(N(C)C(C)C2CC2)c(C(=N)N)c1C. The molecule has 1 fully saturated rings. The first-order valence-corrected chi connectivity index (χ1v) is 6.34. The molecule has 0 saturated heterocycles. The largest absolute Gasteiger partial charge is 0.384 e. The van der Waals surface area contributed by atoms with Crippen LogP contribution < -0.4 is 10.6 Å². The van der Waals surface area contributed by atoms with E-state index in [9.17, 15) is 0 Å². The molecule has 5 nitrogen and oxygen atoms in total. The minimum Gasteiger partial charge on any atom is -0.384 e. The van der Waals surface area contributed by atoms with Crippen LogP contribution in [0.25, 0.3) is 0 Å². The van der Waals surface area contributed by atoms with Crippen LogP contribution in [-0.2, 0) is 0 Å². The molecule has 0 bridgehead atoms. The van der Waals surface area contributed by atoms with Crippen molar-refractivity contribution in [2.24, 2.45) is 11.7 Å². The summed E-state index contributed by atoms with van der Waals surface area (Å²) >= 11 is 0. The van der Waals surface area contributed by atoms with Crippen molar-refractivity contribution in [1.29, 1.82) is 5.41 Å². The average Bonchev–Trinajstić information content (AvgIpc) is 3.14. The van der Waals surface area contributed by atoms with Crippen LogP contribution in [-0.4, -0.2) is 29.1 Å². The molecule has 1 saturated carbocycles. The Labute approximate surface area is 108 Å². The van der Waals surface area contributed by atoms with E-state index >= 15 is 0 Å². The van der Waals surface area contributed by atoms with Crippen LogP contribution >= 0.6 is 0 Å². The van der Waals surface area contributed by atoms with Gasteiger partial charge in [0.05, 0.1) is 11.3 Å². The van der Waals surface area contributed by atoms with E-state index < -0.39 is 0 Å². The molecule has 18 heavy (non-hydrogen) atoms. The number of aryl methyl sites for hydroxylation is 1. The fourth-order valence-electron chi connectivity index (χ4n) is 2.25. The van der Waals surface area contributed by atoms with Crippen molar-refractivity contribution in [2.45, 2.75) is 39.7 Å². The fourth-order valence-corrected chi connectivity index (χ4v) is 2.25. The van der Waals surface area contributed by atoms with Crippen LogP contribution in [0, 0.1) is 25.2 Å². The molecule has 1 aromatic heterocycles. The maximum Gasteiger partial charge on any atom is 0.162 e. The van der Waals surface area contributed by atoms with Gasteiger partial charge in [0.15, 0.2) is 5.82 Å². The molecule has 0 spiro atoms. The predicted molar refractivity (Wildman–Crippen MR) is 73.1 cm³/mol. The summed E-state index contributed by atoms with van der Waals surface area (Å²) in [5.41, 5.74) is 8.20. The minimum atomic E-state index is 0.0651. The molecular formula is C13H21N5. The van der Waals surface area contributed by atoms with E-state index in [1.165, 1.54) is 12.8 Å². The Hall–Kier alpha value is -1.65. The topological polar surface area (TPSA) is 78.9 Å². The third-order valence-corrected chi connectivity index (χ3v) is 3.95. The smallest absolute Gasteiger partial charge is 0.162 e. The van der Waals surface area contributed by atoms with Gasteiger partial charge in [0.2, 0.25) is 0 Å². The number of amidine groups is 1. The van der Waals surface area contributed by atoms with Crippen LogP contribution in [0.3, 0.4) is 0 Å². The Balaban J connectivity index is 2.43. The Bertz CT molecular complexity index is 479. The molecule has 3 N–H and O–H groups in total. The third kappa shape index (κ3) is 2.17. The summed E-state index contributed by atoms with van der Waals surface area (Å²) < 4.78 is 0. The van der Waals surface area contributed by atoms with Crippen molar-refractivity contribution in [2.75, 3.05) is 11.9 Å². The van der Waals surface area contributed by atoms with Gasteiger partial charge < -0.3 is 10.6 Å². The predicted octanol–water partition coefficient (Wildman–Crippen LogP) is 1.61. The molecule has 5 heteroatoms. The fraction of sp³-hybridized carbons (Fsp3) is 0.615. The van der Waals surface area contributed by atoms with Gasteiger partial charge in [-0.25, -0.2) is 0 Å². The van der Waals surface area contributed by atoms with E-state index in [1.54, 1.807) is 0 Å². The zero-order valence-corrected chi connectivity index (χ0v) is 11.5. The third-order valence-electron chi connectivity index (χ3n) is 3.95. The highest BCUT2D eigenvalue weighted by Crippen LogP contribution is 2.36. The Morgan fingerprint density at radius 1 is 1.39 bits per heavy atom. The molecule has 0 radical (unpaired) electrons. The van der Waals surface area contributed by atoms with Crippen molar-refractivity contribution in [3.63, 3.8) is 0 Å². The number of anilines is 1. The zero-order valence-electron chi connectivity index (χ0n) is 11.5. The second kappa shape index (κ2) is 4.55. The highest BCUT2D eigenvalue weighted by molar-refractivity contribution is 6.01. The summed E-state index contributed by atoms with van der Waals surface area (Å²) in [6.45, 7) is 6.03. The molecule has 1 unspecified atom stereocenters. The van der Waals surface area contributed by atoms with Crippen LogP contribution in [0.2, 0.25) is 0 Å². The first kappa shape index (κ1) is 12.8. The maximum absolute atomic E-state index is 7.75. The summed E-state index contributed by atoms with van der Waals surface area (Å²) in [4.78, 5) is 2.10. The summed E-state index contributed by atoms with van der Waals surface area (Å²) in [6.07, 6.45) is 2.55. The highest BCUT2D eigenvalue weighted by Gasteiger charge is 2.32. The van der Waals surface area contributed by atoms with Crippen molar-refractivity contribution < 1.29 is 0 Å². The van der Waals surface area contributed by atoms with Gasteiger partial charge in [0, 0.05) is 13.1 Å². The first-order chi connectivity index (χ1) is 8.43. The lowest BCUT2D eigenvalue weighted by Gasteiger charge is -2.28. The van der Waals surface area contributed by atoms with Crippen LogP contribution in [0.4, 0.5) is 5.82 Å². The number of hydrogen-bond acceptors (Lipinski definition) is 4.